The fraction of sp³-hybridized carbons (Fsp3) is 0.176. The van der Waals surface area contributed by atoms with Crippen LogP contribution in [-0.4, -0.2) is 19.0 Å². The smallest absolute Gasteiger partial charge is 0.322 e. The van der Waals surface area contributed by atoms with Gasteiger partial charge in [-0.2, -0.15) is 0 Å². The summed E-state index contributed by atoms with van der Waals surface area (Å²) in [5.74, 6) is -0.846. The van der Waals surface area contributed by atoms with E-state index in [4.69, 9.17) is 4.74 Å². The van der Waals surface area contributed by atoms with Crippen molar-refractivity contribution in [3.63, 3.8) is 0 Å². The van der Waals surface area contributed by atoms with Crippen molar-refractivity contribution in [2.24, 2.45) is 0 Å². The van der Waals surface area contributed by atoms with Crippen LogP contribution < -0.4 is 4.74 Å². The predicted molar refractivity (Wildman–Crippen MR) is 78.9 cm³/mol. The van der Waals surface area contributed by atoms with E-state index in [0.29, 0.717) is 5.75 Å². The van der Waals surface area contributed by atoms with Crippen molar-refractivity contribution in [2.45, 2.75) is 13.3 Å². The van der Waals surface area contributed by atoms with E-state index >= 15 is 0 Å². The molecule has 4 nitrogen and oxygen atoms in total. The molecule has 21 heavy (non-hydrogen) atoms. The van der Waals surface area contributed by atoms with Gasteiger partial charge in [0.2, 0.25) is 0 Å². The summed E-state index contributed by atoms with van der Waals surface area (Å²) in [4.78, 5) is 22.4. The lowest BCUT2D eigenvalue weighted by atomic mass is 10.0. The first-order valence-corrected chi connectivity index (χ1v) is 6.53. The molecule has 2 rings (SSSR count). The first kappa shape index (κ1) is 14.8. The quantitative estimate of drug-likeness (QED) is 0.492. The Morgan fingerprint density at radius 2 is 1.38 bits per heavy atom. The molecule has 0 aliphatic carbocycles. The van der Waals surface area contributed by atoms with Gasteiger partial charge in [0.25, 0.3) is 0 Å². The second-order valence-electron chi connectivity index (χ2n) is 4.62. The third-order valence-corrected chi connectivity index (χ3v) is 2.99. The molecular formula is C17H16O4. The summed E-state index contributed by atoms with van der Waals surface area (Å²) in [7, 11) is 1.23. The summed E-state index contributed by atoms with van der Waals surface area (Å²) in [6.45, 7) is 2.04. The van der Waals surface area contributed by atoms with Gasteiger partial charge >= 0.3 is 11.9 Å². The van der Waals surface area contributed by atoms with Crippen molar-refractivity contribution < 1.29 is 19.1 Å². The zero-order valence-corrected chi connectivity index (χ0v) is 12.0. The van der Waals surface area contributed by atoms with Crippen LogP contribution in [0.15, 0.2) is 48.5 Å². The second kappa shape index (κ2) is 6.70. The van der Waals surface area contributed by atoms with E-state index in [1.54, 1.807) is 12.1 Å². The second-order valence-corrected chi connectivity index (χ2v) is 4.62. The molecule has 0 unspecified atom stereocenters. The fourth-order valence-electron chi connectivity index (χ4n) is 1.82. The molecule has 4 heteroatoms. The Bertz CT molecular complexity index is 627. The van der Waals surface area contributed by atoms with Gasteiger partial charge in [0.05, 0.1) is 7.11 Å². The third-order valence-electron chi connectivity index (χ3n) is 2.99. The van der Waals surface area contributed by atoms with Crippen LogP contribution in [-0.2, 0) is 14.3 Å². The summed E-state index contributed by atoms with van der Waals surface area (Å²) in [5.41, 5.74) is 3.32. The van der Waals surface area contributed by atoms with Gasteiger partial charge in [-0.25, -0.2) is 0 Å². The summed E-state index contributed by atoms with van der Waals surface area (Å²) in [6.07, 6.45) is -0.393. The minimum absolute atomic E-state index is 0.393. The Labute approximate surface area is 123 Å². The number of aryl methyl sites for hydroxylation is 1. The number of carbonyl (C=O) groups excluding carboxylic acids is 2. The summed E-state index contributed by atoms with van der Waals surface area (Å²) < 4.78 is 9.46. The molecule has 0 amide bonds. The Morgan fingerprint density at radius 3 is 1.90 bits per heavy atom. The van der Waals surface area contributed by atoms with Gasteiger partial charge < -0.3 is 9.47 Å². The van der Waals surface area contributed by atoms with Crippen LogP contribution in [0.2, 0.25) is 0 Å². The predicted octanol–water partition coefficient (Wildman–Crippen LogP) is 3.13. The van der Waals surface area contributed by atoms with E-state index in [1.807, 2.05) is 43.3 Å². The van der Waals surface area contributed by atoms with Crippen LogP contribution in [0.3, 0.4) is 0 Å². The Morgan fingerprint density at radius 1 is 0.857 bits per heavy atom. The van der Waals surface area contributed by atoms with E-state index in [9.17, 15) is 9.59 Å². The minimum atomic E-state index is -0.634. The highest BCUT2D eigenvalue weighted by Crippen LogP contribution is 2.22. The molecule has 0 saturated heterocycles. The molecule has 0 radical (unpaired) electrons. The number of hydrogen-bond donors (Lipinski definition) is 0. The van der Waals surface area contributed by atoms with E-state index in [1.165, 1.54) is 12.7 Å². The molecule has 0 spiro atoms. The van der Waals surface area contributed by atoms with Crippen LogP contribution in [0, 0.1) is 6.92 Å². The average molecular weight is 284 g/mol. The minimum Gasteiger partial charge on any atom is -0.469 e. The maximum Gasteiger partial charge on any atom is 0.322 e. The molecule has 108 valence electrons. The van der Waals surface area contributed by atoms with Crippen molar-refractivity contribution in [2.75, 3.05) is 7.11 Å². The SMILES string of the molecule is COC(=O)CC(=O)Oc1ccc(-c2ccc(C)cc2)cc1. The van der Waals surface area contributed by atoms with E-state index in [-0.39, 0.29) is 0 Å². The number of benzene rings is 2. The lowest BCUT2D eigenvalue weighted by Gasteiger charge is -2.06. The molecule has 0 aliphatic heterocycles. The van der Waals surface area contributed by atoms with Crippen LogP contribution in [0.5, 0.6) is 5.75 Å². The molecule has 0 aromatic heterocycles. The van der Waals surface area contributed by atoms with Gasteiger partial charge in [-0.15, -0.1) is 0 Å². The molecule has 0 saturated carbocycles. The fourth-order valence-corrected chi connectivity index (χ4v) is 1.82. The van der Waals surface area contributed by atoms with Crippen molar-refractivity contribution in [1.29, 1.82) is 0 Å². The monoisotopic (exact) mass is 284 g/mol. The van der Waals surface area contributed by atoms with Crippen molar-refractivity contribution >= 4 is 11.9 Å². The Kier molecular flexibility index (Phi) is 4.72. The lowest BCUT2D eigenvalue weighted by molar-refractivity contribution is -0.148. The molecule has 2 aromatic carbocycles. The number of carbonyl (C=O) groups is 2. The molecule has 0 N–H and O–H groups in total. The number of esters is 2. The standard InChI is InChI=1S/C17H16O4/c1-12-3-5-13(6-4-12)14-7-9-15(10-8-14)21-17(19)11-16(18)20-2/h3-10H,11H2,1-2H3. The molecule has 0 bridgehead atoms. The molecule has 0 aliphatic rings. The van der Waals surface area contributed by atoms with Gasteiger partial charge in [-0.05, 0) is 30.2 Å². The average Bonchev–Trinajstić information content (AvgIpc) is 2.48. The summed E-state index contributed by atoms with van der Waals surface area (Å²) >= 11 is 0. The Balaban J connectivity index is 2.03. The van der Waals surface area contributed by atoms with Crippen molar-refractivity contribution in [3.8, 4) is 16.9 Å². The van der Waals surface area contributed by atoms with Crippen molar-refractivity contribution in [1.82, 2.24) is 0 Å². The third kappa shape index (κ3) is 4.18. The lowest BCUT2D eigenvalue weighted by Crippen LogP contribution is -2.14. The maximum atomic E-state index is 11.5. The van der Waals surface area contributed by atoms with Crippen LogP contribution in [0.1, 0.15) is 12.0 Å². The number of hydrogen-bond acceptors (Lipinski definition) is 4. The number of methoxy groups -OCH3 is 1. The van der Waals surface area contributed by atoms with E-state index in [2.05, 4.69) is 4.74 Å². The first-order valence-electron chi connectivity index (χ1n) is 6.53. The van der Waals surface area contributed by atoms with E-state index < -0.39 is 18.4 Å². The van der Waals surface area contributed by atoms with E-state index in [0.717, 1.165) is 11.1 Å². The van der Waals surface area contributed by atoms with Crippen LogP contribution in [0.25, 0.3) is 11.1 Å². The summed E-state index contributed by atoms with van der Waals surface area (Å²) in [5, 5.41) is 0. The summed E-state index contributed by atoms with van der Waals surface area (Å²) in [6, 6.07) is 15.3. The van der Waals surface area contributed by atoms with Gasteiger partial charge in [0, 0.05) is 0 Å². The topological polar surface area (TPSA) is 52.6 Å². The molecule has 0 heterocycles. The molecule has 0 fully saturated rings. The van der Waals surface area contributed by atoms with Gasteiger partial charge in [-0.1, -0.05) is 42.0 Å². The van der Waals surface area contributed by atoms with Gasteiger partial charge in [0.15, 0.2) is 0 Å². The zero-order valence-electron chi connectivity index (χ0n) is 12.0. The highest BCUT2D eigenvalue weighted by Gasteiger charge is 2.11. The molecule has 2 aromatic rings. The normalized spacial score (nSPS) is 10.0. The van der Waals surface area contributed by atoms with Crippen LogP contribution >= 0.6 is 0 Å². The highest BCUT2D eigenvalue weighted by atomic mass is 16.5. The first-order chi connectivity index (χ1) is 10.1. The van der Waals surface area contributed by atoms with Crippen LogP contribution in [0.4, 0.5) is 0 Å². The largest absolute Gasteiger partial charge is 0.469 e. The van der Waals surface area contributed by atoms with Crippen molar-refractivity contribution in [3.05, 3.63) is 54.1 Å². The highest BCUT2D eigenvalue weighted by molar-refractivity contribution is 5.92. The van der Waals surface area contributed by atoms with Gasteiger partial charge in [0.1, 0.15) is 12.2 Å². The Hall–Kier alpha value is -2.62. The molecular weight excluding hydrogens is 268 g/mol. The van der Waals surface area contributed by atoms with Gasteiger partial charge in [-0.3, -0.25) is 9.59 Å². The number of rotatable bonds is 4. The maximum absolute atomic E-state index is 11.5. The zero-order chi connectivity index (χ0) is 15.2. The molecule has 0 atom stereocenters. The number of ether oxygens (including phenoxy) is 2.